The molecular formula is C22H29NO4S. The Bertz CT molecular complexity index is 790. The first kappa shape index (κ1) is 20.9. The van der Waals surface area contributed by atoms with E-state index in [-0.39, 0.29) is 24.0 Å². The molecule has 1 saturated carbocycles. The van der Waals surface area contributed by atoms with Crippen LogP contribution in [-0.2, 0) is 14.3 Å². The van der Waals surface area contributed by atoms with E-state index >= 15 is 0 Å². The predicted octanol–water partition coefficient (Wildman–Crippen LogP) is 4.24. The largest absolute Gasteiger partial charge is 0.465 e. The van der Waals surface area contributed by atoms with Crippen LogP contribution in [0.4, 0.5) is 5.69 Å². The summed E-state index contributed by atoms with van der Waals surface area (Å²) in [5.41, 5.74) is 0.480. The lowest BCUT2D eigenvalue weighted by Crippen LogP contribution is -2.53. The molecule has 3 rings (SSSR count). The van der Waals surface area contributed by atoms with Crippen LogP contribution in [0.5, 0.6) is 0 Å². The number of morpholine rings is 1. The molecule has 1 atom stereocenters. The molecule has 28 heavy (non-hydrogen) atoms. The first-order chi connectivity index (χ1) is 13.3. The number of hydrogen-bond acceptors (Lipinski definition) is 5. The van der Waals surface area contributed by atoms with Gasteiger partial charge in [0.05, 0.1) is 30.3 Å². The summed E-state index contributed by atoms with van der Waals surface area (Å²) < 4.78 is 10.6. The van der Waals surface area contributed by atoms with Gasteiger partial charge in [-0.05, 0) is 45.6 Å². The van der Waals surface area contributed by atoms with E-state index in [1.54, 1.807) is 4.90 Å². The maximum absolute atomic E-state index is 12.9. The van der Waals surface area contributed by atoms with Gasteiger partial charge in [0.25, 0.3) is 5.91 Å². The van der Waals surface area contributed by atoms with Crippen LogP contribution in [0.15, 0.2) is 6.07 Å². The van der Waals surface area contributed by atoms with E-state index < -0.39 is 5.97 Å². The summed E-state index contributed by atoms with van der Waals surface area (Å²) in [6.45, 7) is 6.68. The Morgan fingerprint density at radius 3 is 2.64 bits per heavy atom. The summed E-state index contributed by atoms with van der Waals surface area (Å²) in [7, 11) is 1.37. The van der Waals surface area contributed by atoms with Crippen LogP contribution >= 0.6 is 11.3 Å². The molecule has 0 N–H and O–H groups in total. The summed E-state index contributed by atoms with van der Waals surface area (Å²) in [5, 5.41) is 0. The zero-order valence-electron chi connectivity index (χ0n) is 17.2. The average molecular weight is 404 g/mol. The molecule has 1 saturated heterocycles. The Morgan fingerprint density at radius 2 is 2.00 bits per heavy atom. The van der Waals surface area contributed by atoms with Crippen LogP contribution in [-0.4, -0.2) is 38.2 Å². The van der Waals surface area contributed by atoms with Gasteiger partial charge in [0, 0.05) is 5.41 Å². The van der Waals surface area contributed by atoms with E-state index in [1.807, 2.05) is 26.8 Å². The van der Waals surface area contributed by atoms with Gasteiger partial charge in [-0.3, -0.25) is 4.79 Å². The van der Waals surface area contributed by atoms with E-state index in [1.165, 1.54) is 37.7 Å². The van der Waals surface area contributed by atoms with Gasteiger partial charge < -0.3 is 14.4 Å². The van der Waals surface area contributed by atoms with Crippen molar-refractivity contribution in [3.63, 3.8) is 0 Å². The molecule has 1 aliphatic heterocycles. The Kier molecular flexibility index (Phi) is 6.47. The number of nitrogens with zero attached hydrogens (tertiary/aromatic N) is 1. The number of carbonyl (C=O) groups is 2. The molecule has 0 bridgehead atoms. The Balaban J connectivity index is 2.01. The smallest absolute Gasteiger partial charge is 0.350 e. The van der Waals surface area contributed by atoms with Crippen molar-refractivity contribution in [3.05, 3.63) is 15.8 Å². The van der Waals surface area contributed by atoms with Gasteiger partial charge in [-0.2, -0.15) is 0 Å². The Morgan fingerprint density at radius 1 is 1.29 bits per heavy atom. The molecular weight excluding hydrogens is 374 g/mol. The first-order valence-electron chi connectivity index (χ1n) is 9.95. The Hall–Kier alpha value is -1.84. The van der Waals surface area contributed by atoms with Gasteiger partial charge in [0.2, 0.25) is 0 Å². The second kappa shape index (κ2) is 8.67. The monoisotopic (exact) mass is 403 g/mol. The van der Waals surface area contributed by atoms with Crippen molar-refractivity contribution in [1.29, 1.82) is 0 Å². The number of carbonyl (C=O) groups excluding carboxylic acids is 2. The van der Waals surface area contributed by atoms with Gasteiger partial charge in [-0.15, -0.1) is 11.3 Å². The summed E-state index contributed by atoms with van der Waals surface area (Å²) in [5.74, 6) is 6.24. The molecule has 2 fully saturated rings. The van der Waals surface area contributed by atoms with Gasteiger partial charge in [-0.1, -0.05) is 31.1 Å². The molecule has 1 aliphatic carbocycles. The number of ether oxygens (including phenoxy) is 2. The summed E-state index contributed by atoms with van der Waals surface area (Å²) in [6, 6.07) is 1.83. The SMILES string of the molecule is COC(=O)c1sc(C#CC(C)(C)C)cc1N1C(=O)COCC1C1CCCCC1. The molecule has 0 spiro atoms. The fourth-order valence-corrected chi connectivity index (χ4v) is 4.81. The van der Waals surface area contributed by atoms with Crippen molar-refractivity contribution in [2.24, 2.45) is 11.3 Å². The second-order valence-electron chi connectivity index (χ2n) is 8.56. The van der Waals surface area contributed by atoms with E-state index in [0.29, 0.717) is 23.1 Å². The first-order valence-corrected chi connectivity index (χ1v) is 10.8. The number of rotatable bonds is 3. The van der Waals surface area contributed by atoms with Gasteiger partial charge in [-0.25, -0.2) is 4.79 Å². The van der Waals surface area contributed by atoms with Crippen molar-refractivity contribution in [3.8, 4) is 11.8 Å². The van der Waals surface area contributed by atoms with E-state index in [2.05, 4.69) is 11.8 Å². The van der Waals surface area contributed by atoms with E-state index in [9.17, 15) is 9.59 Å². The molecule has 0 aromatic carbocycles. The topological polar surface area (TPSA) is 55.8 Å². The molecule has 2 heterocycles. The highest BCUT2D eigenvalue weighted by atomic mass is 32.1. The lowest BCUT2D eigenvalue weighted by Gasteiger charge is -2.41. The van der Waals surface area contributed by atoms with Crippen LogP contribution in [0.2, 0.25) is 0 Å². The number of hydrogen-bond donors (Lipinski definition) is 0. The molecule has 2 aliphatic rings. The standard InChI is InChI=1S/C22H29NO4S/c1-22(2,3)11-10-16-12-17(20(28-16)21(25)26-4)23-18(13-27-14-19(23)24)15-8-6-5-7-9-15/h12,15,18H,5-9,13-14H2,1-4H3. The molecule has 6 heteroatoms. The number of anilines is 1. The third kappa shape index (κ3) is 4.76. The molecule has 1 amide bonds. The van der Waals surface area contributed by atoms with E-state index in [0.717, 1.165) is 17.7 Å². The van der Waals surface area contributed by atoms with Crippen molar-refractivity contribution < 1.29 is 19.1 Å². The molecule has 0 radical (unpaired) electrons. The van der Waals surface area contributed by atoms with Crippen LogP contribution in [0.3, 0.4) is 0 Å². The molecule has 1 aromatic heterocycles. The predicted molar refractivity (Wildman–Crippen MR) is 111 cm³/mol. The number of esters is 1. The van der Waals surface area contributed by atoms with Gasteiger partial charge in [0.1, 0.15) is 11.5 Å². The maximum Gasteiger partial charge on any atom is 0.350 e. The van der Waals surface area contributed by atoms with Gasteiger partial charge >= 0.3 is 5.97 Å². The molecule has 1 unspecified atom stereocenters. The fourth-order valence-electron chi connectivity index (χ4n) is 3.88. The maximum atomic E-state index is 12.9. The number of amides is 1. The fraction of sp³-hybridized carbons (Fsp3) is 0.636. The summed E-state index contributed by atoms with van der Waals surface area (Å²) in [4.78, 5) is 28.3. The molecule has 152 valence electrons. The van der Waals surface area contributed by atoms with Crippen LogP contribution in [0, 0.1) is 23.2 Å². The lowest BCUT2D eigenvalue weighted by molar-refractivity contribution is -0.128. The van der Waals surface area contributed by atoms with E-state index in [4.69, 9.17) is 9.47 Å². The molecule has 5 nitrogen and oxygen atoms in total. The second-order valence-corrected chi connectivity index (χ2v) is 9.61. The minimum atomic E-state index is -0.425. The quantitative estimate of drug-likeness (QED) is 0.559. The van der Waals surface area contributed by atoms with Gasteiger partial charge in [0.15, 0.2) is 0 Å². The minimum absolute atomic E-state index is 0.0389. The van der Waals surface area contributed by atoms with Crippen molar-refractivity contribution in [2.75, 3.05) is 25.2 Å². The average Bonchev–Trinajstić information content (AvgIpc) is 3.09. The highest BCUT2D eigenvalue weighted by Gasteiger charge is 2.38. The van der Waals surface area contributed by atoms with Crippen LogP contribution in [0.1, 0.15) is 67.4 Å². The summed E-state index contributed by atoms with van der Waals surface area (Å²) >= 11 is 1.29. The number of methoxy groups -OCH3 is 1. The van der Waals surface area contributed by atoms with Crippen LogP contribution < -0.4 is 4.90 Å². The minimum Gasteiger partial charge on any atom is -0.465 e. The Labute approximate surface area is 171 Å². The van der Waals surface area contributed by atoms with Crippen molar-refractivity contribution >= 4 is 28.9 Å². The zero-order chi connectivity index (χ0) is 20.3. The van der Waals surface area contributed by atoms with Crippen molar-refractivity contribution in [1.82, 2.24) is 0 Å². The van der Waals surface area contributed by atoms with Crippen LogP contribution in [0.25, 0.3) is 0 Å². The third-order valence-corrected chi connectivity index (χ3v) is 6.23. The molecule has 1 aromatic rings. The third-order valence-electron chi connectivity index (χ3n) is 5.21. The highest BCUT2D eigenvalue weighted by Crippen LogP contribution is 2.38. The highest BCUT2D eigenvalue weighted by molar-refractivity contribution is 7.15. The van der Waals surface area contributed by atoms with Crippen molar-refractivity contribution in [2.45, 2.75) is 58.9 Å². The summed E-state index contributed by atoms with van der Waals surface area (Å²) in [6.07, 6.45) is 5.78. The zero-order valence-corrected chi connectivity index (χ0v) is 18.0. The normalized spacial score (nSPS) is 21.2. The lowest BCUT2D eigenvalue weighted by atomic mass is 9.83. The number of thiophene rings is 1.